The van der Waals surface area contributed by atoms with E-state index in [2.05, 4.69) is 5.32 Å². The molecule has 2 rings (SSSR count). The van der Waals surface area contributed by atoms with Gasteiger partial charge in [-0.05, 0) is 19.2 Å². The average molecular weight is 267 g/mol. The van der Waals surface area contributed by atoms with Crippen LogP contribution in [0.4, 0.5) is 10.1 Å². The molecule has 0 radical (unpaired) electrons. The Morgan fingerprint density at radius 3 is 3.11 bits per heavy atom. The summed E-state index contributed by atoms with van der Waals surface area (Å²) in [7, 11) is 1.75. The smallest absolute Gasteiger partial charge is 0.242 e. The van der Waals surface area contributed by atoms with Gasteiger partial charge in [-0.2, -0.15) is 0 Å². The monoisotopic (exact) mass is 267 g/mol. The molecule has 104 valence electrons. The Balaban J connectivity index is 2.38. The van der Waals surface area contributed by atoms with Crippen molar-refractivity contribution in [2.75, 3.05) is 31.7 Å². The number of carbonyl (C=O) groups excluding carboxylic acids is 1. The van der Waals surface area contributed by atoms with Crippen molar-refractivity contribution in [3.05, 3.63) is 29.6 Å². The van der Waals surface area contributed by atoms with Crippen molar-refractivity contribution >= 4 is 11.6 Å². The number of morpholine rings is 1. The molecule has 1 aromatic rings. The van der Waals surface area contributed by atoms with Crippen molar-refractivity contribution in [2.24, 2.45) is 5.73 Å². The Bertz CT molecular complexity index is 467. The molecule has 1 aliphatic heterocycles. The van der Waals surface area contributed by atoms with Gasteiger partial charge < -0.3 is 20.7 Å². The molecule has 19 heavy (non-hydrogen) atoms. The number of halogens is 1. The number of primary amides is 1. The minimum atomic E-state index is -0.550. The van der Waals surface area contributed by atoms with Crippen molar-refractivity contribution in [1.82, 2.24) is 5.32 Å². The summed E-state index contributed by atoms with van der Waals surface area (Å²) in [4.78, 5) is 13.3. The predicted molar refractivity (Wildman–Crippen MR) is 70.3 cm³/mol. The Hall–Kier alpha value is -1.66. The summed E-state index contributed by atoms with van der Waals surface area (Å²) in [6.45, 7) is 1.66. The Morgan fingerprint density at radius 2 is 2.42 bits per heavy atom. The van der Waals surface area contributed by atoms with Crippen LogP contribution < -0.4 is 16.0 Å². The summed E-state index contributed by atoms with van der Waals surface area (Å²) in [5.74, 6) is -0.749. The van der Waals surface area contributed by atoms with Crippen LogP contribution in [0.5, 0.6) is 0 Å². The first-order chi connectivity index (χ1) is 9.15. The topological polar surface area (TPSA) is 67.6 Å². The number of rotatable bonds is 4. The van der Waals surface area contributed by atoms with E-state index in [9.17, 15) is 9.18 Å². The number of ether oxygens (including phenoxy) is 1. The van der Waals surface area contributed by atoms with Crippen LogP contribution in [-0.2, 0) is 16.1 Å². The second kappa shape index (κ2) is 5.99. The average Bonchev–Trinajstić information content (AvgIpc) is 2.41. The fourth-order valence-corrected chi connectivity index (χ4v) is 2.30. The third kappa shape index (κ3) is 2.85. The summed E-state index contributed by atoms with van der Waals surface area (Å²) in [5.41, 5.74) is 6.62. The van der Waals surface area contributed by atoms with Gasteiger partial charge in [0, 0.05) is 24.3 Å². The van der Waals surface area contributed by atoms with Crippen molar-refractivity contribution in [3.8, 4) is 0 Å². The van der Waals surface area contributed by atoms with E-state index in [1.54, 1.807) is 19.2 Å². The lowest BCUT2D eigenvalue weighted by molar-refractivity contribution is -0.121. The molecule has 3 N–H and O–H groups in total. The maximum Gasteiger partial charge on any atom is 0.242 e. The van der Waals surface area contributed by atoms with Crippen molar-refractivity contribution < 1.29 is 13.9 Å². The molecule has 1 aromatic carbocycles. The standard InChI is InChI=1S/C13H18FN3O2/c1-16-7-9-10(14)3-2-4-11(9)17-5-6-19-8-12(17)13(15)18/h2-4,12,16H,5-8H2,1H3,(H2,15,18). The summed E-state index contributed by atoms with van der Waals surface area (Å²) in [5, 5.41) is 2.93. The fraction of sp³-hybridized carbons (Fsp3) is 0.462. The lowest BCUT2D eigenvalue weighted by atomic mass is 10.1. The molecule has 0 aliphatic carbocycles. The van der Waals surface area contributed by atoms with E-state index in [-0.39, 0.29) is 12.4 Å². The second-order valence-electron chi connectivity index (χ2n) is 4.45. The van der Waals surface area contributed by atoms with Gasteiger partial charge in [-0.1, -0.05) is 6.07 Å². The van der Waals surface area contributed by atoms with E-state index in [0.717, 1.165) is 0 Å². The van der Waals surface area contributed by atoms with Crippen LogP contribution in [-0.4, -0.2) is 38.8 Å². The highest BCUT2D eigenvalue weighted by Gasteiger charge is 2.29. The predicted octanol–water partition coefficient (Wildman–Crippen LogP) is 0.236. The summed E-state index contributed by atoms with van der Waals surface area (Å²) in [6, 6.07) is 4.30. The van der Waals surface area contributed by atoms with Gasteiger partial charge in [-0.25, -0.2) is 4.39 Å². The summed E-state index contributed by atoms with van der Waals surface area (Å²) >= 11 is 0. The lowest BCUT2D eigenvalue weighted by Crippen LogP contribution is -2.53. The first kappa shape index (κ1) is 13.8. The van der Waals surface area contributed by atoms with E-state index in [0.29, 0.717) is 30.9 Å². The Kier molecular flexibility index (Phi) is 4.34. The highest BCUT2D eigenvalue weighted by Crippen LogP contribution is 2.26. The minimum Gasteiger partial charge on any atom is -0.377 e. The summed E-state index contributed by atoms with van der Waals surface area (Å²) in [6.07, 6.45) is 0. The number of nitrogens with one attached hydrogen (secondary N) is 1. The van der Waals surface area contributed by atoms with Gasteiger partial charge >= 0.3 is 0 Å². The molecule has 1 heterocycles. The van der Waals surface area contributed by atoms with Gasteiger partial charge in [0.25, 0.3) is 0 Å². The van der Waals surface area contributed by atoms with Gasteiger partial charge in [-0.3, -0.25) is 4.79 Å². The number of anilines is 1. The molecule has 0 aromatic heterocycles. The van der Waals surface area contributed by atoms with E-state index in [1.165, 1.54) is 6.07 Å². The summed E-state index contributed by atoms with van der Waals surface area (Å²) < 4.78 is 19.2. The van der Waals surface area contributed by atoms with Crippen molar-refractivity contribution in [1.29, 1.82) is 0 Å². The second-order valence-corrected chi connectivity index (χ2v) is 4.45. The SMILES string of the molecule is CNCc1c(F)cccc1N1CCOCC1C(N)=O. The number of nitrogens with two attached hydrogens (primary N) is 1. The third-order valence-corrected chi connectivity index (χ3v) is 3.21. The Morgan fingerprint density at radius 1 is 1.63 bits per heavy atom. The van der Waals surface area contributed by atoms with Crippen LogP contribution in [0.2, 0.25) is 0 Å². The zero-order valence-corrected chi connectivity index (χ0v) is 10.9. The number of amides is 1. The molecule has 1 aliphatic rings. The number of hydrogen-bond donors (Lipinski definition) is 2. The zero-order valence-electron chi connectivity index (χ0n) is 10.9. The van der Waals surface area contributed by atoms with Crippen LogP contribution >= 0.6 is 0 Å². The fourth-order valence-electron chi connectivity index (χ4n) is 2.30. The lowest BCUT2D eigenvalue weighted by Gasteiger charge is -2.36. The third-order valence-electron chi connectivity index (χ3n) is 3.21. The molecule has 0 spiro atoms. The van der Waals surface area contributed by atoms with E-state index in [4.69, 9.17) is 10.5 Å². The van der Waals surface area contributed by atoms with Gasteiger partial charge in [-0.15, -0.1) is 0 Å². The first-order valence-corrected chi connectivity index (χ1v) is 6.21. The molecule has 1 amide bonds. The first-order valence-electron chi connectivity index (χ1n) is 6.21. The molecule has 1 fully saturated rings. The molecule has 0 bridgehead atoms. The maximum atomic E-state index is 13.9. The van der Waals surface area contributed by atoms with Crippen molar-refractivity contribution in [3.63, 3.8) is 0 Å². The molecule has 1 saturated heterocycles. The van der Waals surface area contributed by atoms with Gasteiger partial charge in [0.2, 0.25) is 5.91 Å². The molecule has 1 atom stereocenters. The number of nitrogens with zero attached hydrogens (tertiary/aromatic N) is 1. The van der Waals surface area contributed by atoms with Gasteiger partial charge in [0.05, 0.1) is 13.2 Å². The largest absolute Gasteiger partial charge is 0.377 e. The maximum absolute atomic E-state index is 13.9. The van der Waals surface area contributed by atoms with E-state index >= 15 is 0 Å². The number of carbonyl (C=O) groups is 1. The molecule has 5 nitrogen and oxygen atoms in total. The molecule has 0 saturated carbocycles. The molecule has 1 unspecified atom stereocenters. The number of benzene rings is 1. The Labute approximate surface area is 111 Å². The highest BCUT2D eigenvalue weighted by molar-refractivity contribution is 5.84. The van der Waals surface area contributed by atoms with Gasteiger partial charge in [0.1, 0.15) is 11.9 Å². The quantitative estimate of drug-likeness (QED) is 0.820. The minimum absolute atomic E-state index is 0.241. The van der Waals surface area contributed by atoms with E-state index < -0.39 is 11.9 Å². The van der Waals surface area contributed by atoms with Crippen molar-refractivity contribution in [2.45, 2.75) is 12.6 Å². The highest BCUT2D eigenvalue weighted by atomic mass is 19.1. The van der Waals surface area contributed by atoms with Crippen LogP contribution in [0.3, 0.4) is 0 Å². The van der Waals surface area contributed by atoms with Gasteiger partial charge in [0.15, 0.2) is 0 Å². The van der Waals surface area contributed by atoms with Crippen LogP contribution in [0.1, 0.15) is 5.56 Å². The zero-order chi connectivity index (χ0) is 13.8. The normalized spacial score (nSPS) is 19.5. The van der Waals surface area contributed by atoms with Crippen LogP contribution in [0.25, 0.3) is 0 Å². The molecular weight excluding hydrogens is 249 g/mol. The van der Waals surface area contributed by atoms with E-state index in [1.807, 2.05) is 4.90 Å². The molecule has 6 heteroatoms. The van der Waals surface area contributed by atoms with Crippen LogP contribution in [0, 0.1) is 5.82 Å². The number of hydrogen-bond acceptors (Lipinski definition) is 4. The molecular formula is C13H18FN3O2. The van der Waals surface area contributed by atoms with Crippen LogP contribution in [0.15, 0.2) is 18.2 Å².